The molecule has 0 spiro atoms. The Kier molecular flexibility index (Phi) is 6.19. The molecule has 6 heteroatoms. The number of anilines is 2. The molecule has 0 unspecified atom stereocenters. The van der Waals surface area contributed by atoms with Gasteiger partial charge in [-0.15, -0.1) is 0 Å². The van der Waals surface area contributed by atoms with E-state index in [1.807, 2.05) is 44.2 Å². The Hall–Kier alpha value is -3.02. The van der Waals surface area contributed by atoms with Crippen LogP contribution in [0.3, 0.4) is 0 Å². The highest BCUT2D eigenvalue weighted by Gasteiger charge is 2.29. The van der Waals surface area contributed by atoms with Gasteiger partial charge in [0.05, 0.1) is 18.0 Å². The number of carbonyl (C=O) groups is 2. The average Bonchev–Trinajstić information content (AvgIpc) is 2.71. The van der Waals surface area contributed by atoms with Crippen molar-refractivity contribution in [2.45, 2.75) is 39.8 Å². The third-order valence-corrected chi connectivity index (χ3v) is 5.06. The number of benzene rings is 2. The van der Waals surface area contributed by atoms with Crippen molar-refractivity contribution in [1.82, 2.24) is 5.32 Å². The average molecular weight is 381 g/mol. The fourth-order valence-corrected chi connectivity index (χ4v) is 3.22. The molecule has 0 bridgehead atoms. The molecule has 0 saturated heterocycles. The number of para-hydroxylation sites is 1. The highest BCUT2D eigenvalue weighted by molar-refractivity contribution is 6.05. The maximum atomic E-state index is 12.6. The summed E-state index contributed by atoms with van der Waals surface area (Å²) >= 11 is 0. The molecule has 28 heavy (non-hydrogen) atoms. The van der Waals surface area contributed by atoms with Crippen LogP contribution in [0.1, 0.15) is 43.1 Å². The number of fused-ring (bicyclic) bond motifs is 1. The maximum absolute atomic E-state index is 12.6. The van der Waals surface area contributed by atoms with E-state index in [9.17, 15) is 9.59 Å². The number of hydrogen-bond donors (Lipinski definition) is 3. The third kappa shape index (κ3) is 4.27. The van der Waals surface area contributed by atoms with E-state index in [1.54, 1.807) is 12.1 Å². The summed E-state index contributed by atoms with van der Waals surface area (Å²) in [6.45, 7) is 6.97. The van der Waals surface area contributed by atoms with Gasteiger partial charge in [-0.1, -0.05) is 38.5 Å². The minimum Gasteiger partial charge on any atom is -0.494 e. The summed E-state index contributed by atoms with van der Waals surface area (Å²) in [6, 6.07) is 12.7. The third-order valence-electron chi connectivity index (χ3n) is 5.06. The highest BCUT2D eigenvalue weighted by Crippen LogP contribution is 2.30. The first-order valence-corrected chi connectivity index (χ1v) is 9.73. The van der Waals surface area contributed by atoms with Gasteiger partial charge in [-0.2, -0.15) is 0 Å². The van der Waals surface area contributed by atoms with Gasteiger partial charge in [0, 0.05) is 17.7 Å². The van der Waals surface area contributed by atoms with Crippen LogP contribution in [-0.4, -0.2) is 24.5 Å². The zero-order valence-electron chi connectivity index (χ0n) is 16.5. The molecular formula is C22H27N3O3. The Balaban J connectivity index is 1.70. The molecule has 2 atom stereocenters. The van der Waals surface area contributed by atoms with E-state index in [0.29, 0.717) is 24.4 Å². The van der Waals surface area contributed by atoms with Gasteiger partial charge < -0.3 is 20.7 Å². The van der Waals surface area contributed by atoms with Gasteiger partial charge in [0.15, 0.2) is 0 Å². The largest absolute Gasteiger partial charge is 0.494 e. The Morgan fingerprint density at radius 2 is 1.96 bits per heavy atom. The molecule has 1 aliphatic rings. The number of carbonyl (C=O) groups excluding carboxylic acids is 2. The quantitative estimate of drug-likeness (QED) is 0.682. The Morgan fingerprint density at radius 1 is 1.18 bits per heavy atom. The molecule has 2 aromatic carbocycles. The topological polar surface area (TPSA) is 79.5 Å². The first kappa shape index (κ1) is 19.7. The number of rotatable bonds is 7. The molecule has 1 heterocycles. The summed E-state index contributed by atoms with van der Waals surface area (Å²) in [5.41, 5.74) is 2.88. The van der Waals surface area contributed by atoms with Crippen LogP contribution in [0.25, 0.3) is 0 Å². The number of amides is 2. The van der Waals surface area contributed by atoms with E-state index >= 15 is 0 Å². The van der Waals surface area contributed by atoms with Crippen LogP contribution < -0.4 is 20.7 Å². The lowest BCUT2D eigenvalue weighted by atomic mass is 9.95. The smallest absolute Gasteiger partial charge is 0.251 e. The van der Waals surface area contributed by atoms with E-state index in [2.05, 4.69) is 22.9 Å². The molecule has 6 nitrogen and oxygen atoms in total. The monoisotopic (exact) mass is 381 g/mol. The summed E-state index contributed by atoms with van der Waals surface area (Å²) in [5.74, 6) is 0.724. The standard InChI is InChI=1S/C22H27N3O3/c1-4-14(3)20-22(27)25-18-12-15(10-11-17(18)24-20)21(26)23-13-16-8-6-7-9-19(16)28-5-2/h6-12,14,20,24H,4-5,13H2,1-3H3,(H,23,26)(H,25,27)/t14-,20-/m0/s1. The molecule has 0 aliphatic carbocycles. The summed E-state index contributed by atoms with van der Waals surface area (Å²) in [5, 5.41) is 9.12. The van der Waals surface area contributed by atoms with Crippen molar-refractivity contribution < 1.29 is 14.3 Å². The van der Waals surface area contributed by atoms with Crippen molar-refractivity contribution in [2.75, 3.05) is 17.2 Å². The van der Waals surface area contributed by atoms with E-state index in [0.717, 1.165) is 23.4 Å². The van der Waals surface area contributed by atoms with Gasteiger partial charge >= 0.3 is 0 Å². The molecule has 0 radical (unpaired) electrons. The molecular weight excluding hydrogens is 354 g/mol. The second-order valence-electron chi connectivity index (χ2n) is 6.98. The second-order valence-corrected chi connectivity index (χ2v) is 6.98. The van der Waals surface area contributed by atoms with Crippen LogP contribution in [0, 0.1) is 5.92 Å². The summed E-state index contributed by atoms with van der Waals surface area (Å²) < 4.78 is 5.59. The maximum Gasteiger partial charge on any atom is 0.251 e. The van der Waals surface area contributed by atoms with E-state index in [-0.39, 0.29) is 23.8 Å². The Morgan fingerprint density at radius 3 is 2.71 bits per heavy atom. The fourth-order valence-electron chi connectivity index (χ4n) is 3.22. The summed E-state index contributed by atoms with van der Waals surface area (Å²) in [7, 11) is 0. The van der Waals surface area contributed by atoms with Crippen molar-refractivity contribution in [3.8, 4) is 5.75 Å². The molecule has 1 aliphatic heterocycles. The fraction of sp³-hybridized carbons (Fsp3) is 0.364. The van der Waals surface area contributed by atoms with E-state index in [1.165, 1.54) is 0 Å². The minimum absolute atomic E-state index is 0.0648. The molecule has 2 aromatic rings. The molecule has 0 aromatic heterocycles. The lowest BCUT2D eigenvalue weighted by Gasteiger charge is -2.30. The van der Waals surface area contributed by atoms with Crippen LogP contribution in [0.15, 0.2) is 42.5 Å². The van der Waals surface area contributed by atoms with Gasteiger partial charge in [-0.3, -0.25) is 9.59 Å². The second kappa shape index (κ2) is 8.78. The first-order chi connectivity index (χ1) is 13.5. The molecule has 3 N–H and O–H groups in total. The predicted octanol–water partition coefficient (Wildman–Crippen LogP) is 3.79. The highest BCUT2D eigenvalue weighted by atomic mass is 16.5. The van der Waals surface area contributed by atoms with Crippen LogP contribution in [0.5, 0.6) is 5.75 Å². The van der Waals surface area contributed by atoms with Gasteiger partial charge in [0.1, 0.15) is 11.8 Å². The lowest BCUT2D eigenvalue weighted by Crippen LogP contribution is -2.43. The zero-order chi connectivity index (χ0) is 20.1. The number of nitrogens with one attached hydrogen (secondary N) is 3. The summed E-state index contributed by atoms with van der Waals surface area (Å²) in [6.07, 6.45) is 0.907. The van der Waals surface area contributed by atoms with Gasteiger partial charge in [0.2, 0.25) is 5.91 Å². The van der Waals surface area contributed by atoms with Crippen LogP contribution >= 0.6 is 0 Å². The van der Waals surface area contributed by atoms with E-state index < -0.39 is 0 Å². The number of hydrogen-bond acceptors (Lipinski definition) is 4. The Bertz CT molecular complexity index is 866. The van der Waals surface area contributed by atoms with Crippen molar-refractivity contribution in [3.63, 3.8) is 0 Å². The molecule has 148 valence electrons. The predicted molar refractivity (Wildman–Crippen MR) is 111 cm³/mol. The molecule has 3 rings (SSSR count). The molecule has 0 fully saturated rings. The zero-order valence-corrected chi connectivity index (χ0v) is 16.5. The minimum atomic E-state index is -0.257. The van der Waals surface area contributed by atoms with Crippen molar-refractivity contribution >= 4 is 23.2 Å². The first-order valence-electron chi connectivity index (χ1n) is 9.73. The van der Waals surface area contributed by atoms with Crippen LogP contribution in [0.4, 0.5) is 11.4 Å². The van der Waals surface area contributed by atoms with Crippen molar-refractivity contribution in [1.29, 1.82) is 0 Å². The Labute approximate surface area is 165 Å². The number of ether oxygens (including phenoxy) is 1. The normalized spacial score (nSPS) is 16.4. The SMILES string of the molecule is CCOc1ccccc1CNC(=O)c1ccc2c(c1)NC(=O)[C@H]([C@@H](C)CC)N2. The van der Waals surface area contributed by atoms with Crippen LogP contribution in [-0.2, 0) is 11.3 Å². The van der Waals surface area contributed by atoms with Crippen molar-refractivity contribution in [2.24, 2.45) is 5.92 Å². The molecule has 2 amide bonds. The van der Waals surface area contributed by atoms with Gasteiger partial charge in [0.25, 0.3) is 5.91 Å². The lowest BCUT2D eigenvalue weighted by molar-refractivity contribution is -0.118. The van der Waals surface area contributed by atoms with Crippen LogP contribution in [0.2, 0.25) is 0 Å². The molecule has 0 saturated carbocycles. The van der Waals surface area contributed by atoms with E-state index in [4.69, 9.17) is 4.74 Å². The van der Waals surface area contributed by atoms with Gasteiger partial charge in [-0.05, 0) is 37.1 Å². The summed E-state index contributed by atoms with van der Waals surface area (Å²) in [4.78, 5) is 24.9. The van der Waals surface area contributed by atoms with Gasteiger partial charge in [-0.25, -0.2) is 0 Å². The van der Waals surface area contributed by atoms with Crippen molar-refractivity contribution in [3.05, 3.63) is 53.6 Å².